The number of hydrogen-bond acceptors (Lipinski definition) is 4. The highest BCUT2D eigenvalue weighted by molar-refractivity contribution is 7.13. The number of amides is 1. The van der Waals surface area contributed by atoms with Gasteiger partial charge in [0.2, 0.25) is 0 Å². The highest BCUT2D eigenvalue weighted by Gasteiger charge is 2.16. The predicted octanol–water partition coefficient (Wildman–Crippen LogP) is 4.27. The van der Waals surface area contributed by atoms with Crippen LogP contribution in [0.5, 0.6) is 0 Å². The molecule has 1 amide bonds. The fourth-order valence-electron chi connectivity index (χ4n) is 3.36. The largest absolute Gasteiger partial charge is 0.349 e. The third kappa shape index (κ3) is 4.19. The number of aryl methyl sites for hydroxylation is 2. The molecule has 0 unspecified atom stereocenters. The number of thiazole rings is 1. The third-order valence-electron chi connectivity index (χ3n) is 4.78. The molecule has 29 heavy (non-hydrogen) atoms. The Kier molecular flexibility index (Phi) is 5.40. The Morgan fingerprint density at radius 2 is 1.86 bits per heavy atom. The number of benzene rings is 2. The van der Waals surface area contributed by atoms with Crippen LogP contribution in [0.2, 0.25) is 0 Å². The lowest BCUT2D eigenvalue weighted by atomic mass is 10.1. The SMILES string of the molecule is Cc1nc(Cc2ccc(F)cc2)sc1C(=O)NCCn1c(C)nc2ccccc21. The second-order valence-corrected chi connectivity index (χ2v) is 7.96. The minimum atomic E-state index is -0.259. The van der Waals surface area contributed by atoms with Crippen LogP contribution in [0.25, 0.3) is 11.0 Å². The van der Waals surface area contributed by atoms with E-state index in [1.165, 1.54) is 23.5 Å². The fraction of sp³-hybridized carbons (Fsp3) is 0.227. The number of nitrogens with zero attached hydrogens (tertiary/aromatic N) is 3. The van der Waals surface area contributed by atoms with Crippen molar-refractivity contribution in [2.75, 3.05) is 6.54 Å². The Bertz CT molecular complexity index is 1160. The zero-order chi connectivity index (χ0) is 20.4. The number of carbonyl (C=O) groups excluding carboxylic acids is 1. The first-order valence-corrected chi connectivity index (χ1v) is 10.2. The van der Waals surface area contributed by atoms with E-state index in [2.05, 4.69) is 19.9 Å². The van der Waals surface area contributed by atoms with Gasteiger partial charge in [0.1, 0.15) is 16.5 Å². The van der Waals surface area contributed by atoms with E-state index in [1.54, 1.807) is 12.1 Å². The average Bonchev–Trinajstić information content (AvgIpc) is 3.23. The number of para-hydroxylation sites is 2. The van der Waals surface area contributed by atoms with Crippen molar-refractivity contribution in [3.05, 3.63) is 81.3 Å². The van der Waals surface area contributed by atoms with Gasteiger partial charge in [0, 0.05) is 19.5 Å². The summed E-state index contributed by atoms with van der Waals surface area (Å²) in [5.74, 6) is 0.550. The molecule has 0 spiro atoms. The topological polar surface area (TPSA) is 59.8 Å². The second kappa shape index (κ2) is 8.13. The monoisotopic (exact) mass is 408 g/mol. The lowest BCUT2D eigenvalue weighted by Gasteiger charge is -2.08. The molecule has 0 atom stereocenters. The molecule has 5 nitrogen and oxygen atoms in total. The maximum atomic E-state index is 13.1. The summed E-state index contributed by atoms with van der Waals surface area (Å²) in [5, 5.41) is 3.83. The molecular formula is C22H21FN4OS. The molecule has 2 aromatic heterocycles. The Morgan fingerprint density at radius 3 is 2.66 bits per heavy atom. The molecule has 2 heterocycles. The Labute approximate surface area is 172 Å². The van der Waals surface area contributed by atoms with Gasteiger partial charge in [0.05, 0.1) is 21.7 Å². The van der Waals surface area contributed by atoms with Crippen LogP contribution in [0.3, 0.4) is 0 Å². The molecule has 0 aliphatic rings. The maximum Gasteiger partial charge on any atom is 0.263 e. The number of carbonyl (C=O) groups is 1. The minimum Gasteiger partial charge on any atom is -0.349 e. The average molecular weight is 409 g/mol. The van der Waals surface area contributed by atoms with Crippen LogP contribution >= 0.6 is 11.3 Å². The second-order valence-electron chi connectivity index (χ2n) is 6.88. The van der Waals surface area contributed by atoms with E-state index < -0.39 is 0 Å². The number of rotatable bonds is 6. The van der Waals surface area contributed by atoms with Gasteiger partial charge in [-0.3, -0.25) is 4.79 Å². The van der Waals surface area contributed by atoms with E-state index in [-0.39, 0.29) is 11.7 Å². The highest BCUT2D eigenvalue weighted by atomic mass is 32.1. The molecular weight excluding hydrogens is 387 g/mol. The van der Waals surface area contributed by atoms with Crippen LogP contribution in [0.1, 0.15) is 31.8 Å². The van der Waals surface area contributed by atoms with E-state index in [0.29, 0.717) is 30.1 Å². The number of fused-ring (bicyclic) bond motifs is 1. The van der Waals surface area contributed by atoms with Crippen molar-refractivity contribution in [1.29, 1.82) is 0 Å². The van der Waals surface area contributed by atoms with Gasteiger partial charge in [0.15, 0.2) is 0 Å². The van der Waals surface area contributed by atoms with Gasteiger partial charge in [-0.2, -0.15) is 0 Å². The van der Waals surface area contributed by atoms with Gasteiger partial charge in [-0.1, -0.05) is 24.3 Å². The Hall–Kier alpha value is -3.06. The molecule has 0 aliphatic carbocycles. The van der Waals surface area contributed by atoms with E-state index in [9.17, 15) is 9.18 Å². The van der Waals surface area contributed by atoms with E-state index >= 15 is 0 Å². The van der Waals surface area contributed by atoms with Crippen LogP contribution < -0.4 is 5.32 Å². The van der Waals surface area contributed by atoms with Crippen molar-refractivity contribution >= 4 is 28.3 Å². The molecule has 2 aromatic carbocycles. The predicted molar refractivity (Wildman–Crippen MR) is 113 cm³/mol. The molecule has 4 aromatic rings. The van der Waals surface area contributed by atoms with Crippen molar-refractivity contribution in [2.24, 2.45) is 0 Å². The smallest absolute Gasteiger partial charge is 0.263 e. The molecule has 0 saturated heterocycles. The molecule has 0 bridgehead atoms. The van der Waals surface area contributed by atoms with Gasteiger partial charge < -0.3 is 9.88 Å². The van der Waals surface area contributed by atoms with Gasteiger partial charge in [-0.05, 0) is 43.7 Å². The van der Waals surface area contributed by atoms with Crippen molar-refractivity contribution in [1.82, 2.24) is 19.9 Å². The summed E-state index contributed by atoms with van der Waals surface area (Å²) in [5.41, 5.74) is 3.71. The Balaban J connectivity index is 1.40. The third-order valence-corrected chi connectivity index (χ3v) is 5.94. The lowest BCUT2D eigenvalue weighted by Crippen LogP contribution is -2.27. The molecule has 0 radical (unpaired) electrons. The number of imidazole rings is 1. The first-order valence-electron chi connectivity index (χ1n) is 9.42. The number of aromatic nitrogens is 3. The number of halogens is 1. The number of hydrogen-bond donors (Lipinski definition) is 1. The summed E-state index contributed by atoms with van der Waals surface area (Å²) in [7, 11) is 0. The van der Waals surface area contributed by atoms with Crippen LogP contribution in [0.15, 0.2) is 48.5 Å². The minimum absolute atomic E-state index is 0.118. The van der Waals surface area contributed by atoms with E-state index in [4.69, 9.17) is 0 Å². The zero-order valence-corrected chi connectivity index (χ0v) is 17.1. The van der Waals surface area contributed by atoms with Crippen LogP contribution in [-0.4, -0.2) is 27.0 Å². The van der Waals surface area contributed by atoms with Gasteiger partial charge >= 0.3 is 0 Å². The van der Waals surface area contributed by atoms with Gasteiger partial charge in [0.25, 0.3) is 5.91 Å². The molecule has 0 aliphatic heterocycles. The molecule has 148 valence electrons. The van der Waals surface area contributed by atoms with Gasteiger partial charge in [-0.15, -0.1) is 11.3 Å². The summed E-state index contributed by atoms with van der Waals surface area (Å²) in [6.07, 6.45) is 0.583. The summed E-state index contributed by atoms with van der Waals surface area (Å²) >= 11 is 1.38. The number of nitrogens with one attached hydrogen (secondary N) is 1. The van der Waals surface area contributed by atoms with Crippen molar-refractivity contribution in [2.45, 2.75) is 26.8 Å². The molecule has 0 fully saturated rings. The first-order chi connectivity index (χ1) is 14.0. The first kappa shape index (κ1) is 19.3. The fourth-order valence-corrected chi connectivity index (χ4v) is 4.37. The quantitative estimate of drug-likeness (QED) is 0.518. The standard InChI is InChI=1S/C22H21FN4OS/c1-14-21(29-20(25-14)13-16-7-9-17(23)10-8-16)22(28)24-11-12-27-15(2)26-18-5-3-4-6-19(18)27/h3-10H,11-13H2,1-2H3,(H,24,28). The van der Waals surface area contributed by atoms with Gasteiger partial charge in [-0.25, -0.2) is 14.4 Å². The van der Waals surface area contributed by atoms with Crippen molar-refractivity contribution in [3.63, 3.8) is 0 Å². The summed E-state index contributed by atoms with van der Waals surface area (Å²) in [4.78, 5) is 22.3. The summed E-state index contributed by atoms with van der Waals surface area (Å²) < 4.78 is 15.2. The Morgan fingerprint density at radius 1 is 1.10 bits per heavy atom. The van der Waals surface area contributed by atoms with E-state index in [0.717, 1.165) is 27.4 Å². The maximum absolute atomic E-state index is 13.1. The molecule has 7 heteroatoms. The zero-order valence-electron chi connectivity index (χ0n) is 16.3. The molecule has 4 rings (SSSR count). The van der Waals surface area contributed by atoms with Crippen molar-refractivity contribution in [3.8, 4) is 0 Å². The van der Waals surface area contributed by atoms with Crippen LogP contribution in [0.4, 0.5) is 4.39 Å². The van der Waals surface area contributed by atoms with Crippen molar-refractivity contribution < 1.29 is 9.18 Å². The normalized spacial score (nSPS) is 11.1. The summed E-state index contributed by atoms with van der Waals surface area (Å²) in [6.45, 7) is 4.97. The molecule has 1 N–H and O–H groups in total. The highest BCUT2D eigenvalue weighted by Crippen LogP contribution is 2.21. The van der Waals surface area contributed by atoms with Crippen LogP contribution in [0, 0.1) is 19.7 Å². The van der Waals surface area contributed by atoms with E-state index in [1.807, 2.05) is 38.1 Å². The lowest BCUT2D eigenvalue weighted by molar-refractivity contribution is 0.0955. The molecule has 0 saturated carbocycles. The summed E-state index contributed by atoms with van der Waals surface area (Å²) in [6, 6.07) is 14.3. The van der Waals surface area contributed by atoms with Crippen LogP contribution in [-0.2, 0) is 13.0 Å².